The van der Waals surface area contributed by atoms with Crippen LogP contribution in [-0.2, 0) is 13.0 Å². The first kappa shape index (κ1) is 16.8. The number of nitrogens with zero attached hydrogens (tertiary/aromatic N) is 2. The lowest BCUT2D eigenvalue weighted by Crippen LogP contribution is -1.99. The maximum Gasteiger partial charge on any atom is 0.161 e. The van der Waals surface area contributed by atoms with Gasteiger partial charge < -0.3 is 14.2 Å². The van der Waals surface area contributed by atoms with E-state index in [1.54, 1.807) is 14.2 Å². The fraction of sp³-hybridized carbons (Fsp3) is 0.200. The Morgan fingerprint density at radius 2 is 1.48 bits per heavy atom. The predicted octanol–water partition coefficient (Wildman–Crippen LogP) is 3.66. The van der Waals surface area contributed by atoms with Gasteiger partial charge in [0.1, 0.15) is 18.7 Å². The van der Waals surface area contributed by atoms with Crippen LogP contribution < -0.4 is 14.2 Å². The summed E-state index contributed by atoms with van der Waals surface area (Å²) in [6.45, 7) is 0.465. The standard InChI is InChI=1S/C20H20N2O3/c1-23-18-6-3-15(4-7-18)13-25-19-8-5-16(10-20(19)24-2)9-17-11-21-14-22-12-17/h3-8,10-12,14H,9,13H2,1-2H3. The van der Waals surface area contributed by atoms with Gasteiger partial charge in [0.15, 0.2) is 11.5 Å². The van der Waals surface area contributed by atoms with Crippen molar-refractivity contribution < 1.29 is 14.2 Å². The van der Waals surface area contributed by atoms with E-state index in [2.05, 4.69) is 9.97 Å². The van der Waals surface area contributed by atoms with Crippen LogP contribution in [0.2, 0.25) is 0 Å². The van der Waals surface area contributed by atoms with Crippen molar-refractivity contribution in [2.24, 2.45) is 0 Å². The van der Waals surface area contributed by atoms with Crippen LogP contribution in [0.15, 0.2) is 61.2 Å². The van der Waals surface area contributed by atoms with Crippen LogP contribution in [0.4, 0.5) is 0 Å². The number of ether oxygens (including phenoxy) is 3. The molecule has 5 heteroatoms. The third-order valence-electron chi connectivity index (χ3n) is 3.80. The van der Waals surface area contributed by atoms with Gasteiger partial charge in [0.05, 0.1) is 14.2 Å². The first-order valence-corrected chi connectivity index (χ1v) is 7.95. The molecule has 0 aliphatic rings. The lowest BCUT2D eigenvalue weighted by molar-refractivity contribution is 0.284. The summed E-state index contributed by atoms with van der Waals surface area (Å²) in [5.41, 5.74) is 3.23. The van der Waals surface area contributed by atoms with Gasteiger partial charge in [-0.3, -0.25) is 0 Å². The lowest BCUT2D eigenvalue weighted by Gasteiger charge is -2.12. The molecule has 2 aromatic carbocycles. The van der Waals surface area contributed by atoms with Crippen LogP contribution in [-0.4, -0.2) is 24.2 Å². The predicted molar refractivity (Wildman–Crippen MR) is 95.2 cm³/mol. The minimum atomic E-state index is 0.465. The fourth-order valence-corrected chi connectivity index (χ4v) is 2.48. The molecular formula is C20H20N2O3. The maximum atomic E-state index is 5.90. The molecule has 5 nitrogen and oxygen atoms in total. The van der Waals surface area contributed by atoms with E-state index in [1.165, 1.54) is 6.33 Å². The zero-order valence-electron chi connectivity index (χ0n) is 14.3. The zero-order chi connectivity index (χ0) is 17.5. The summed E-state index contributed by atoms with van der Waals surface area (Å²) < 4.78 is 16.5. The highest BCUT2D eigenvalue weighted by atomic mass is 16.5. The second kappa shape index (κ2) is 8.15. The van der Waals surface area contributed by atoms with Crippen molar-refractivity contribution in [3.8, 4) is 17.2 Å². The van der Waals surface area contributed by atoms with Crippen molar-refractivity contribution in [3.05, 3.63) is 77.9 Å². The molecule has 0 N–H and O–H groups in total. The summed E-state index contributed by atoms with van der Waals surface area (Å²) in [6, 6.07) is 13.7. The molecule has 0 amide bonds. The topological polar surface area (TPSA) is 53.5 Å². The molecule has 1 heterocycles. The summed E-state index contributed by atoms with van der Waals surface area (Å²) in [5.74, 6) is 2.25. The number of benzene rings is 2. The largest absolute Gasteiger partial charge is 0.497 e. The molecule has 0 fully saturated rings. The number of hydrogen-bond donors (Lipinski definition) is 0. The van der Waals surface area contributed by atoms with Crippen molar-refractivity contribution >= 4 is 0 Å². The molecule has 128 valence electrons. The number of rotatable bonds is 7. The van der Waals surface area contributed by atoms with E-state index in [0.29, 0.717) is 18.1 Å². The molecule has 0 aliphatic heterocycles. The van der Waals surface area contributed by atoms with E-state index < -0.39 is 0 Å². The van der Waals surface area contributed by atoms with Crippen molar-refractivity contribution in [2.45, 2.75) is 13.0 Å². The molecule has 0 saturated carbocycles. The smallest absolute Gasteiger partial charge is 0.161 e. The molecule has 0 atom stereocenters. The van der Waals surface area contributed by atoms with Crippen molar-refractivity contribution in [2.75, 3.05) is 14.2 Å². The first-order valence-electron chi connectivity index (χ1n) is 7.95. The lowest BCUT2D eigenvalue weighted by atomic mass is 10.1. The third kappa shape index (κ3) is 4.47. The molecule has 0 saturated heterocycles. The average Bonchev–Trinajstić information content (AvgIpc) is 2.68. The number of methoxy groups -OCH3 is 2. The van der Waals surface area contributed by atoms with E-state index in [0.717, 1.165) is 28.9 Å². The Balaban J connectivity index is 1.68. The van der Waals surface area contributed by atoms with E-state index in [9.17, 15) is 0 Å². The normalized spacial score (nSPS) is 10.3. The molecule has 0 bridgehead atoms. The molecule has 3 aromatic rings. The molecule has 25 heavy (non-hydrogen) atoms. The van der Waals surface area contributed by atoms with Crippen molar-refractivity contribution in [3.63, 3.8) is 0 Å². The van der Waals surface area contributed by atoms with Crippen LogP contribution in [0, 0.1) is 0 Å². The Kier molecular flexibility index (Phi) is 5.46. The number of hydrogen-bond acceptors (Lipinski definition) is 5. The molecule has 0 unspecified atom stereocenters. The van der Waals surface area contributed by atoms with Gasteiger partial charge in [-0.05, 0) is 41.0 Å². The first-order chi connectivity index (χ1) is 12.3. The third-order valence-corrected chi connectivity index (χ3v) is 3.80. The molecule has 0 aliphatic carbocycles. The van der Waals surface area contributed by atoms with E-state index in [-0.39, 0.29) is 0 Å². The zero-order valence-corrected chi connectivity index (χ0v) is 14.3. The van der Waals surface area contributed by atoms with Crippen molar-refractivity contribution in [1.82, 2.24) is 9.97 Å². The summed E-state index contributed by atoms with van der Waals surface area (Å²) in [7, 11) is 3.30. The molecule has 1 aromatic heterocycles. The Bertz CT molecular complexity index is 805. The highest BCUT2D eigenvalue weighted by Crippen LogP contribution is 2.29. The van der Waals surface area contributed by atoms with Crippen LogP contribution in [0.1, 0.15) is 16.7 Å². The Hall–Kier alpha value is -3.08. The highest BCUT2D eigenvalue weighted by Gasteiger charge is 2.07. The van der Waals surface area contributed by atoms with Gasteiger partial charge >= 0.3 is 0 Å². The van der Waals surface area contributed by atoms with E-state index >= 15 is 0 Å². The van der Waals surface area contributed by atoms with Crippen LogP contribution >= 0.6 is 0 Å². The van der Waals surface area contributed by atoms with Gasteiger partial charge in [0.25, 0.3) is 0 Å². The fourth-order valence-electron chi connectivity index (χ4n) is 2.48. The summed E-state index contributed by atoms with van der Waals surface area (Å²) in [5, 5.41) is 0. The van der Waals surface area contributed by atoms with Gasteiger partial charge in [-0.2, -0.15) is 0 Å². The van der Waals surface area contributed by atoms with Gasteiger partial charge in [0, 0.05) is 18.8 Å². The minimum Gasteiger partial charge on any atom is -0.497 e. The monoisotopic (exact) mass is 336 g/mol. The van der Waals surface area contributed by atoms with Gasteiger partial charge in [0.2, 0.25) is 0 Å². The summed E-state index contributed by atoms with van der Waals surface area (Å²) in [4.78, 5) is 8.08. The Labute approximate surface area is 147 Å². The Morgan fingerprint density at radius 3 is 2.16 bits per heavy atom. The van der Waals surface area contributed by atoms with Gasteiger partial charge in [-0.1, -0.05) is 18.2 Å². The van der Waals surface area contributed by atoms with Crippen LogP contribution in [0.25, 0.3) is 0 Å². The molecule has 3 rings (SSSR count). The maximum absolute atomic E-state index is 5.90. The quantitative estimate of drug-likeness (QED) is 0.659. The minimum absolute atomic E-state index is 0.465. The SMILES string of the molecule is COc1ccc(COc2ccc(Cc3cncnc3)cc2OC)cc1. The molecular weight excluding hydrogens is 316 g/mol. The van der Waals surface area contributed by atoms with E-state index in [1.807, 2.05) is 54.9 Å². The van der Waals surface area contributed by atoms with Crippen LogP contribution in [0.5, 0.6) is 17.2 Å². The van der Waals surface area contributed by atoms with Crippen molar-refractivity contribution in [1.29, 1.82) is 0 Å². The number of aromatic nitrogens is 2. The summed E-state index contributed by atoms with van der Waals surface area (Å²) in [6.07, 6.45) is 5.90. The second-order valence-corrected chi connectivity index (χ2v) is 5.55. The Morgan fingerprint density at radius 1 is 0.760 bits per heavy atom. The van der Waals surface area contributed by atoms with Crippen LogP contribution in [0.3, 0.4) is 0 Å². The van der Waals surface area contributed by atoms with Gasteiger partial charge in [-0.15, -0.1) is 0 Å². The average molecular weight is 336 g/mol. The summed E-state index contributed by atoms with van der Waals surface area (Å²) >= 11 is 0. The van der Waals surface area contributed by atoms with Gasteiger partial charge in [-0.25, -0.2) is 9.97 Å². The second-order valence-electron chi connectivity index (χ2n) is 5.55. The molecule has 0 spiro atoms. The molecule has 0 radical (unpaired) electrons. The van der Waals surface area contributed by atoms with E-state index in [4.69, 9.17) is 14.2 Å². The highest BCUT2D eigenvalue weighted by molar-refractivity contribution is 5.44.